The molecule has 1 amide bonds. The van der Waals surface area contributed by atoms with Crippen LogP contribution in [0.5, 0.6) is 5.75 Å². The third kappa shape index (κ3) is 2.83. The van der Waals surface area contributed by atoms with Gasteiger partial charge in [0.05, 0.1) is 17.1 Å². The van der Waals surface area contributed by atoms with Crippen molar-refractivity contribution in [1.82, 2.24) is 4.72 Å². The Morgan fingerprint density at radius 3 is 2.95 bits per heavy atom. The summed E-state index contributed by atoms with van der Waals surface area (Å²) < 4.78 is 31.9. The van der Waals surface area contributed by atoms with Crippen LogP contribution in [-0.2, 0) is 14.8 Å². The van der Waals surface area contributed by atoms with E-state index in [0.717, 1.165) is 0 Å². The van der Waals surface area contributed by atoms with E-state index in [1.165, 1.54) is 30.0 Å². The molecule has 0 aromatic heterocycles. The Labute approximate surface area is 118 Å². The number of anilines is 1. The van der Waals surface area contributed by atoms with Gasteiger partial charge < -0.3 is 9.64 Å². The second-order valence-corrected chi connectivity index (χ2v) is 6.06. The van der Waals surface area contributed by atoms with Crippen molar-refractivity contribution >= 4 is 21.6 Å². The first-order valence-electron chi connectivity index (χ1n) is 6.11. The number of nitrogens with one attached hydrogen (secondary N) is 1. The number of fused-ring (bicyclic) bond motifs is 1. The van der Waals surface area contributed by atoms with Crippen molar-refractivity contribution in [1.29, 1.82) is 0 Å². The second-order valence-electron chi connectivity index (χ2n) is 4.29. The van der Waals surface area contributed by atoms with Crippen LogP contribution in [0.25, 0.3) is 0 Å². The van der Waals surface area contributed by atoms with Crippen LogP contribution in [0.15, 0.2) is 35.7 Å². The molecule has 0 unspecified atom stereocenters. The van der Waals surface area contributed by atoms with E-state index in [0.29, 0.717) is 24.6 Å². The molecule has 0 saturated carbocycles. The highest BCUT2D eigenvalue weighted by Gasteiger charge is 2.24. The zero-order valence-corrected chi connectivity index (χ0v) is 11.9. The van der Waals surface area contributed by atoms with Crippen LogP contribution in [0.4, 0.5) is 5.69 Å². The molecule has 0 saturated heterocycles. The van der Waals surface area contributed by atoms with E-state index in [1.807, 2.05) is 0 Å². The van der Waals surface area contributed by atoms with Gasteiger partial charge in [0.15, 0.2) is 0 Å². The Morgan fingerprint density at radius 2 is 2.30 bits per heavy atom. The average molecular weight is 296 g/mol. The smallest absolute Gasteiger partial charge is 0.240 e. The normalized spacial score (nSPS) is 14.3. The third-order valence-electron chi connectivity index (χ3n) is 2.90. The van der Waals surface area contributed by atoms with E-state index in [-0.39, 0.29) is 17.3 Å². The van der Waals surface area contributed by atoms with Crippen LogP contribution in [-0.4, -0.2) is 34.0 Å². The van der Waals surface area contributed by atoms with E-state index in [9.17, 15) is 13.2 Å². The topological polar surface area (TPSA) is 75.7 Å². The number of hydrogen-bond acceptors (Lipinski definition) is 4. The van der Waals surface area contributed by atoms with Crippen molar-refractivity contribution in [2.75, 3.05) is 24.6 Å². The first kappa shape index (κ1) is 14.5. The molecule has 20 heavy (non-hydrogen) atoms. The summed E-state index contributed by atoms with van der Waals surface area (Å²) in [5, 5.41) is 0. The Hall–Kier alpha value is -1.86. The lowest BCUT2D eigenvalue weighted by atomic mass is 10.2. The van der Waals surface area contributed by atoms with Crippen molar-refractivity contribution in [3.05, 3.63) is 30.9 Å². The van der Waals surface area contributed by atoms with Crippen LogP contribution in [0, 0.1) is 0 Å². The van der Waals surface area contributed by atoms with Gasteiger partial charge in [0, 0.05) is 13.5 Å². The fraction of sp³-hybridized carbons (Fsp3) is 0.308. The van der Waals surface area contributed by atoms with Gasteiger partial charge in [0.2, 0.25) is 15.9 Å². The van der Waals surface area contributed by atoms with Crippen LogP contribution >= 0.6 is 0 Å². The summed E-state index contributed by atoms with van der Waals surface area (Å²) >= 11 is 0. The third-order valence-corrected chi connectivity index (χ3v) is 4.32. The number of nitrogens with zero attached hydrogens (tertiary/aromatic N) is 1. The Morgan fingerprint density at radius 1 is 1.55 bits per heavy atom. The minimum absolute atomic E-state index is 0.0925. The van der Waals surface area contributed by atoms with Gasteiger partial charge in [-0.25, -0.2) is 13.1 Å². The summed E-state index contributed by atoms with van der Waals surface area (Å²) in [4.78, 5) is 13.2. The first-order valence-corrected chi connectivity index (χ1v) is 7.59. The predicted octanol–water partition coefficient (Wildman–Crippen LogP) is 0.896. The van der Waals surface area contributed by atoms with Crippen molar-refractivity contribution in [3.8, 4) is 5.75 Å². The highest BCUT2D eigenvalue weighted by Crippen LogP contribution is 2.33. The lowest BCUT2D eigenvalue weighted by Crippen LogP contribution is -2.36. The van der Waals surface area contributed by atoms with Crippen molar-refractivity contribution < 1.29 is 17.9 Å². The molecule has 1 aliphatic heterocycles. The summed E-state index contributed by atoms with van der Waals surface area (Å²) in [7, 11) is -3.62. The molecule has 0 radical (unpaired) electrons. The Balaban J connectivity index is 2.42. The number of rotatable bonds is 4. The fourth-order valence-corrected chi connectivity index (χ4v) is 2.96. The standard InChI is InChI=1S/C13H16N2O4S/c1-3-6-14-20(17,18)11-4-5-13-12(9-11)15(10(2)16)7-8-19-13/h3-5,9,14H,1,6-8H2,2H3. The lowest BCUT2D eigenvalue weighted by Gasteiger charge is -2.29. The van der Waals surface area contributed by atoms with Crippen LogP contribution in [0.1, 0.15) is 6.92 Å². The Bertz CT molecular complexity index is 640. The zero-order chi connectivity index (χ0) is 14.8. The van der Waals surface area contributed by atoms with E-state index in [2.05, 4.69) is 11.3 Å². The van der Waals surface area contributed by atoms with E-state index >= 15 is 0 Å². The molecule has 6 nitrogen and oxygen atoms in total. The number of sulfonamides is 1. The number of benzene rings is 1. The van der Waals surface area contributed by atoms with Gasteiger partial charge in [-0.1, -0.05) is 6.08 Å². The van der Waals surface area contributed by atoms with Crippen molar-refractivity contribution in [3.63, 3.8) is 0 Å². The maximum absolute atomic E-state index is 12.1. The highest BCUT2D eigenvalue weighted by molar-refractivity contribution is 7.89. The zero-order valence-electron chi connectivity index (χ0n) is 11.1. The van der Waals surface area contributed by atoms with Gasteiger partial charge in [0.25, 0.3) is 0 Å². The molecule has 2 rings (SSSR count). The van der Waals surface area contributed by atoms with Crippen molar-refractivity contribution in [2.45, 2.75) is 11.8 Å². The van der Waals surface area contributed by atoms with E-state index in [4.69, 9.17) is 4.74 Å². The van der Waals surface area contributed by atoms with Crippen LogP contribution < -0.4 is 14.4 Å². The molecule has 1 aliphatic rings. The van der Waals surface area contributed by atoms with Crippen LogP contribution in [0.3, 0.4) is 0 Å². The van der Waals surface area contributed by atoms with Gasteiger partial charge in [-0.2, -0.15) is 0 Å². The molecule has 108 valence electrons. The lowest BCUT2D eigenvalue weighted by molar-refractivity contribution is -0.116. The molecule has 1 N–H and O–H groups in total. The molecular formula is C13H16N2O4S. The fourth-order valence-electron chi connectivity index (χ4n) is 1.94. The number of carbonyl (C=O) groups excluding carboxylic acids is 1. The number of ether oxygens (including phenoxy) is 1. The monoisotopic (exact) mass is 296 g/mol. The molecule has 1 aromatic carbocycles. The van der Waals surface area contributed by atoms with Crippen LogP contribution in [0.2, 0.25) is 0 Å². The maximum Gasteiger partial charge on any atom is 0.240 e. The van der Waals surface area contributed by atoms with Gasteiger partial charge in [0.1, 0.15) is 12.4 Å². The highest BCUT2D eigenvalue weighted by atomic mass is 32.2. The first-order chi connectivity index (χ1) is 9.45. The largest absolute Gasteiger partial charge is 0.490 e. The molecular weight excluding hydrogens is 280 g/mol. The molecule has 7 heteroatoms. The minimum Gasteiger partial charge on any atom is -0.490 e. The molecule has 0 aliphatic carbocycles. The maximum atomic E-state index is 12.1. The predicted molar refractivity (Wildman–Crippen MR) is 75.3 cm³/mol. The summed E-state index contributed by atoms with van der Waals surface area (Å²) in [5.41, 5.74) is 0.477. The summed E-state index contributed by atoms with van der Waals surface area (Å²) in [6.45, 7) is 5.85. The molecule has 1 heterocycles. The second kappa shape index (κ2) is 5.64. The summed E-state index contributed by atoms with van der Waals surface area (Å²) in [6, 6.07) is 4.46. The molecule has 1 aromatic rings. The summed E-state index contributed by atoms with van der Waals surface area (Å²) in [5.74, 6) is 0.359. The molecule has 0 bridgehead atoms. The molecule has 0 spiro atoms. The minimum atomic E-state index is -3.62. The number of hydrogen-bond donors (Lipinski definition) is 1. The van der Waals surface area contributed by atoms with E-state index in [1.54, 1.807) is 6.07 Å². The van der Waals surface area contributed by atoms with Gasteiger partial charge in [-0.15, -0.1) is 6.58 Å². The van der Waals surface area contributed by atoms with E-state index < -0.39 is 10.0 Å². The van der Waals surface area contributed by atoms with Gasteiger partial charge in [-0.3, -0.25) is 4.79 Å². The SMILES string of the molecule is C=CCNS(=O)(=O)c1ccc2c(c1)N(C(C)=O)CCO2. The molecule has 0 atom stereocenters. The van der Waals surface area contributed by atoms with Gasteiger partial charge >= 0.3 is 0 Å². The van der Waals surface area contributed by atoms with Crippen molar-refractivity contribution in [2.24, 2.45) is 0 Å². The summed E-state index contributed by atoms with van der Waals surface area (Å²) in [6.07, 6.45) is 1.46. The van der Waals surface area contributed by atoms with Gasteiger partial charge in [-0.05, 0) is 18.2 Å². The number of carbonyl (C=O) groups is 1. The molecule has 0 fully saturated rings. The number of amides is 1. The average Bonchev–Trinajstić information content (AvgIpc) is 2.43. The quantitative estimate of drug-likeness (QED) is 0.838. The Kier molecular flexibility index (Phi) is 4.10.